The molecule has 2 N–H and O–H groups in total. The first-order valence-corrected chi connectivity index (χ1v) is 8.02. The molecule has 0 saturated carbocycles. The normalized spacial score (nSPS) is 26.2. The summed E-state index contributed by atoms with van der Waals surface area (Å²) >= 11 is 0. The molecule has 1 fully saturated rings. The van der Waals surface area contributed by atoms with Gasteiger partial charge in [-0.1, -0.05) is 24.3 Å². The summed E-state index contributed by atoms with van der Waals surface area (Å²) in [4.78, 5) is 28.0. The van der Waals surface area contributed by atoms with E-state index in [9.17, 15) is 19.1 Å². The Bertz CT molecular complexity index is 879. The molecule has 4 atom stereocenters. The van der Waals surface area contributed by atoms with Crippen molar-refractivity contribution in [2.75, 3.05) is 5.32 Å². The standard InChI is InChI=1S/C17H15FN4O4/c18-10-3-1-9(2-4-10)7-22-8-19-17(21-22)20-15(23)13-11-5-6-12(26-11)14(13)16(24)25/h1-6,8,11-14H,7H2,(H,24,25)(H,20,21,23)/t11-,12+,13+,14-/m1/s1. The molecule has 2 bridgehead atoms. The lowest BCUT2D eigenvalue weighted by Crippen LogP contribution is -2.39. The molecular weight excluding hydrogens is 343 g/mol. The van der Waals surface area contributed by atoms with Crippen LogP contribution in [0.2, 0.25) is 0 Å². The number of ether oxygens (including phenoxy) is 1. The monoisotopic (exact) mass is 358 g/mol. The molecule has 1 saturated heterocycles. The van der Waals surface area contributed by atoms with Gasteiger partial charge in [-0.3, -0.25) is 14.9 Å². The van der Waals surface area contributed by atoms with Crippen molar-refractivity contribution >= 4 is 17.8 Å². The Hall–Kier alpha value is -3.07. The second kappa shape index (κ2) is 6.34. The van der Waals surface area contributed by atoms with Crippen molar-refractivity contribution in [1.29, 1.82) is 0 Å². The van der Waals surface area contributed by atoms with Gasteiger partial charge in [0.25, 0.3) is 0 Å². The van der Waals surface area contributed by atoms with E-state index in [4.69, 9.17) is 4.74 Å². The van der Waals surface area contributed by atoms with E-state index in [1.807, 2.05) is 0 Å². The van der Waals surface area contributed by atoms with Crippen LogP contribution in [0.5, 0.6) is 0 Å². The molecule has 1 aromatic carbocycles. The van der Waals surface area contributed by atoms with Gasteiger partial charge < -0.3 is 9.84 Å². The Kier molecular flexibility index (Phi) is 4.00. The van der Waals surface area contributed by atoms with Gasteiger partial charge in [-0.25, -0.2) is 14.1 Å². The molecule has 1 aromatic heterocycles. The summed E-state index contributed by atoms with van der Waals surface area (Å²) in [6, 6.07) is 5.96. The van der Waals surface area contributed by atoms with Gasteiger partial charge in [0.05, 0.1) is 24.7 Å². The number of carboxylic acid groups (broad SMARTS) is 1. The molecule has 0 spiro atoms. The molecule has 3 heterocycles. The van der Waals surface area contributed by atoms with E-state index in [0.717, 1.165) is 5.56 Å². The van der Waals surface area contributed by atoms with E-state index >= 15 is 0 Å². The summed E-state index contributed by atoms with van der Waals surface area (Å²) in [6.07, 6.45) is 3.67. The summed E-state index contributed by atoms with van der Waals surface area (Å²) in [5.74, 6) is -3.56. The highest BCUT2D eigenvalue weighted by molar-refractivity contribution is 5.95. The number of amides is 1. The lowest BCUT2D eigenvalue weighted by Gasteiger charge is -2.19. The SMILES string of the molecule is O=C(Nc1ncn(Cc2ccc(F)cc2)n1)[C@@H]1[C@H](C(=O)O)[C@@H]2C=C[C@H]1O2. The summed E-state index contributed by atoms with van der Waals surface area (Å²) in [5, 5.41) is 16.0. The number of aromatic nitrogens is 3. The van der Waals surface area contributed by atoms with Crippen molar-refractivity contribution in [3.63, 3.8) is 0 Å². The number of halogens is 1. The zero-order valence-corrected chi connectivity index (χ0v) is 13.4. The highest BCUT2D eigenvalue weighted by atomic mass is 19.1. The van der Waals surface area contributed by atoms with Gasteiger partial charge in [0.1, 0.15) is 18.1 Å². The predicted molar refractivity (Wildman–Crippen MR) is 86.6 cm³/mol. The molecule has 8 nitrogen and oxygen atoms in total. The van der Waals surface area contributed by atoms with E-state index in [1.165, 1.54) is 23.1 Å². The van der Waals surface area contributed by atoms with Crippen LogP contribution in [0.4, 0.5) is 10.3 Å². The molecule has 2 aliphatic heterocycles. The van der Waals surface area contributed by atoms with Crippen LogP contribution in [0, 0.1) is 17.7 Å². The summed E-state index contributed by atoms with van der Waals surface area (Å²) in [6.45, 7) is 0.362. The topological polar surface area (TPSA) is 106 Å². The van der Waals surface area contributed by atoms with E-state index in [-0.39, 0.29) is 11.8 Å². The van der Waals surface area contributed by atoms with Crippen LogP contribution in [0.15, 0.2) is 42.7 Å². The van der Waals surface area contributed by atoms with Gasteiger partial charge in [0, 0.05) is 0 Å². The van der Waals surface area contributed by atoms with Crippen molar-refractivity contribution in [3.8, 4) is 0 Å². The molecule has 4 rings (SSSR count). The zero-order chi connectivity index (χ0) is 18.3. The van der Waals surface area contributed by atoms with Crippen molar-refractivity contribution in [3.05, 3.63) is 54.1 Å². The van der Waals surface area contributed by atoms with Gasteiger partial charge in [0.15, 0.2) is 0 Å². The average molecular weight is 358 g/mol. The number of aliphatic carboxylic acids is 1. The molecule has 0 unspecified atom stereocenters. The molecule has 9 heteroatoms. The van der Waals surface area contributed by atoms with E-state index in [0.29, 0.717) is 6.54 Å². The van der Waals surface area contributed by atoms with E-state index in [2.05, 4.69) is 15.4 Å². The minimum Gasteiger partial charge on any atom is -0.481 e. The molecule has 134 valence electrons. The Morgan fingerprint density at radius 3 is 2.58 bits per heavy atom. The Morgan fingerprint density at radius 2 is 1.88 bits per heavy atom. The number of carbonyl (C=O) groups excluding carboxylic acids is 1. The number of nitrogens with one attached hydrogen (secondary N) is 1. The number of hydrogen-bond donors (Lipinski definition) is 2. The fourth-order valence-corrected chi connectivity index (χ4v) is 3.31. The Morgan fingerprint density at radius 1 is 1.19 bits per heavy atom. The minimum absolute atomic E-state index is 0.0769. The van der Waals surface area contributed by atoms with Crippen LogP contribution >= 0.6 is 0 Å². The summed E-state index contributed by atoms with van der Waals surface area (Å²) in [7, 11) is 0. The molecule has 0 aliphatic carbocycles. The molecule has 2 aromatic rings. The average Bonchev–Trinajstić information content (AvgIpc) is 3.32. The van der Waals surface area contributed by atoms with Crippen LogP contribution in [0.25, 0.3) is 0 Å². The number of benzene rings is 1. The highest BCUT2D eigenvalue weighted by Crippen LogP contribution is 2.39. The van der Waals surface area contributed by atoms with Gasteiger partial charge >= 0.3 is 5.97 Å². The molecule has 2 aliphatic rings. The number of fused-ring (bicyclic) bond motifs is 2. The molecule has 26 heavy (non-hydrogen) atoms. The maximum atomic E-state index is 12.9. The fourth-order valence-electron chi connectivity index (χ4n) is 3.31. The highest BCUT2D eigenvalue weighted by Gasteiger charge is 2.53. The number of hydrogen-bond acceptors (Lipinski definition) is 5. The van der Waals surface area contributed by atoms with Crippen LogP contribution in [-0.2, 0) is 20.9 Å². The predicted octanol–water partition coefficient (Wildman–Crippen LogP) is 1.06. The number of carboxylic acids is 1. The van der Waals surface area contributed by atoms with Gasteiger partial charge in [0.2, 0.25) is 11.9 Å². The number of rotatable bonds is 5. The van der Waals surface area contributed by atoms with Crippen LogP contribution in [0.3, 0.4) is 0 Å². The fraction of sp³-hybridized carbons (Fsp3) is 0.294. The number of carbonyl (C=O) groups is 2. The largest absolute Gasteiger partial charge is 0.481 e. The third-order valence-corrected chi connectivity index (χ3v) is 4.52. The number of anilines is 1. The van der Waals surface area contributed by atoms with Crippen molar-refractivity contribution in [1.82, 2.24) is 14.8 Å². The second-order valence-corrected chi connectivity index (χ2v) is 6.22. The van der Waals surface area contributed by atoms with Gasteiger partial charge in [-0.15, -0.1) is 5.10 Å². The molecule has 1 amide bonds. The minimum atomic E-state index is -1.07. The first-order chi connectivity index (χ1) is 12.5. The zero-order valence-electron chi connectivity index (χ0n) is 13.4. The van der Waals surface area contributed by atoms with Crippen molar-refractivity contribution in [2.24, 2.45) is 11.8 Å². The van der Waals surface area contributed by atoms with Crippen molar-refractivity contribution < 1.29 is 23.8 Å². The van der Waals surface area contributed by atoms with Gasteiger partial charge in [-0.2, -0.15) is 0 Å². The quantitative estimate of drug-likeness (QED) is 0.774. The van der Waals surface area contributed by atoms with Crippen LogP contribution in [0.1, 0.15) is 5.56 Å². The molecular formula is C17H15FN4O4. The first kappa shape index (κ1) is 16.4. The summed E-state index contributed by atoms with van der Waals surface area (Å²) < 4.78 is 19.9. The van der Waals surface area contributed by atoms with E-state index < -0.39 is 35.9 Å². The lowest BCUT2D eigenvalue weighted by molar-refractivity contribution is -0.145. The smallest absolute Gasteiger partial charge is 0.310 e. The number of nitrogens with zero attached hydrogens (tertiary/aromatic N) is 3. The second-order valence-electron chi connectivity index (χ2n) is 6.22. The Balaban J connectivity index is 1.44. The Labute approximate surface area is 147 Å². The van der Waals surface area contributed by atoms with Crippen molar-refractivity contribution in [2.45, 2.75) is 18.8 Å². The van der Waals surface area contributed by atoms with E-state index in [1.54, 1.807) is 24.3 Å². The molecule has 0 radical (unpaired) electrons. The first-order valence-electron chi connectivity index (χ1n) is 8.02. The van der Waals surface area contributed by atoms with Crippen LogP contribution in [-0.4, -0.2) is 44.0 Å². The summed E-state index contributed by atoms with van der Waals surface area (Å²) in [5.41, 5.74) is 0.826. The third kappa shape index (κ3) is 2.97. The third-order valence-electron chi connectivity index (χ3n) is 4.52. The van der Waals surface area contributed by atoms with Crippen LogP contribution < -0.4 is 5.32 Å². The maximum absolute atomic E-state index is 12.9. The lowest BCUT2D eigenvalue weighted by atomic mass is 9.82. The van der Waals surface area contributed by atoms with Gasteiger partial charge in [-0.05, 0) is 17.7 Å². The maximum Gasteiger partial charge on any atom is 0.310 e.